The highest BCUT2D eigenvalue weighted by Gasteiger charge is 2.13. The van der Waals surface area contributed by atoms with Crippen LogP contribution in [-0.4, -0.2) is 62.3 Å². The van der Waals surface area contributed by atoms with Crippen molar-refractivity contribution in [2.45, 2.75) is 12.5 Å². The Balaban J connectivity index is 2.16. The number of ether oxygens (including phenoxy) is 1. The van der Waals surface area contributed by atoms with Crippen molar-refractivity contribution in [3.8, 4) is 0 Å². The number of hydrogen-bond donors (Lipinski definition) is 1. The van der Waals surface area contributed by atoms with Crippen LogP contribution in [0, 0.1) is 0 Å². The molecule has 1 aliphatic rings. The fourth-order valence-electron chi connectivity index (χ4n) is 1.84. The van der Waals surface area contributed by atoms with E-state index in [1.165, 1.54) is 17.9 Å². The second-order valence-corrected chi connectivity index (χ2v) is 5.25. The molecule has 0 spiro atoms. The Bertz CT molecular complexity index is 184. The van der Waals surface area contributed by atoms with Gasteiger partial charge in [-0.25, -0.2) is 0 Å². The molecule has 0 bridgehead atoms. The molecule has 1 fully saturated rings. The van der Waals surface area contributed by atoms with Crippen LogP contribution in [0.3, 0.4) is 0 Å². The normalized spacial score (nSPS) is 21.2. The average Bonchev–Trinajstić information content (AvgIpc) is 2.34. The SMILES string of the molecule is C=CCN(CCOC)CCC1CSCCN1. The van der Waals surface area contributed by atoms with E-state index in [-0.39, 0.29) is 0 Å². The third-order valence-corrected chi connectivity index (χ3v) is 3.92. The topological polar surface area (TPSA) is 24.5 Å². The van der Waals surface area contributed by atoms with Gasteiger partial charge in [-0.1, -0.05) is 6.08 Å². The van der Waals surface area contributed by atoms with Crippen molar-refractivity contribution < 1.29 is 4.74 Å². The Kier molecular flexibility index (Phi) is 7.93. The molecule has 1 rings (SSSR count). The number of nitrogens with one attached hydrogen (secondary N) is 1. The van der Waals surface area contributed by atoms with E-state index in [0.29, 0.717) is 6.04 Å². The summed E-state index contributed by atoms with van der Waals surface area (Å²) in [6.07, 6.45) is 3.20. The molecule has 0 aromatic rings. The van der Waals surface area contributed by atoms with E-state index in [1.54, 1.807) is 7.11 Å². The first-order valence-electron chi connectivity index (χ1n) is 6.00. The zero-order chi connectivity index (χ0) is 11.6. The molecule has 4 heteroatoms. The first kappa shape index (κ1) is 14.0. The minimum atomic E-state index is 0.689. The molecule has 0 saturated carbocycles. The van der Waals surface area contributed by atoms with E-state index in [1.807, 2.05) is 6.08 Å². The molecule has 1 N–H and O–H groups in total. The molecule has 0 amide bonds. The van der Waals surface area contributed by atoms with Crippen LogP contribution >= 0.6 is 11.8 Å². The zero-order valence-electron chi connectivity index (χ0n) is 10.3. The Hall–Kier alpha value is -0.0300. The average molecular weight is 244 g/mol. The van der Waals surface area contributed by atoms with Gasteiger partial charge in [0.25, 0.3) is 0 Å². The smallest absolute Gasteiger partial charge is 0.0589 e. The van der Waals surface area contributed by atoms with Crippen molar-refractivity contribution in [1.29, 1.82) is 0 Å². The zero-order valence-corrected chi connectivity index (χ0v) is 11.1. The van der Waals surface area contributed by atoms with Gasteiger partial charge in [-0.2, -0.15) is 11.8 Å². The van der Waals surface area contributed by atoms with Crippen LogP contribution < -0.4 is 5.32 Å². The van der Waals surface area contributed by atoms with E-state index < -0.39 is 0 Å². The van der Waals surface area contributed by atoms with E-state index in [2.05, 4.69) is 28.6 Å². The molecule has 0 aromatic carbocycles. The minimum absolute atomic E-state index is 0.689. The number of thioether (sulfide) groups is 1. The van der Waals surface area contributed by atoms with Gasteiger partial charge in [0.2, 0.25) is 0 Å². The van der Waals surface area contributed by atoms with Gasteiger partial charge in [0.15, 0.2) is 0 Å². The summed E-state index contributed by atoms with van der Waals surface area (Å²) in [5, 5.41) is 3.57. The maximum Gasteiger partial charge on any atom is 0.0589 e. The largest absolute Gasteiger partial charge is 0.383 e. The number of nitrogens with zero attached hydrogens (tertiary/aromatic N) is 1. The Morgan fingerprint density at radius 1 is 1.56 bits per heavy atom. The maximum absolute atomic E-state index is 5.11. The quantitative estimate of drug-likeness (QED) is 0.649. The van der Waals surface area contributed by atoms with Crippen LogP contribution in [-0.2, 0) is 4.74 Å². The second-order valence-electron chi connectivity index (χ2n) is 4.10. The van der Waals surface area contributed by atoms with Crippen LogP contribution in [0.1, 0.15) is 6.42 Å². The third-order valence-electron chi connectivity index (χ3n) is 2.79. The Morgan fingerprint density at radius 3 is 3.06 bits per heavy atom. The maximum atomic E-state index is 5.11. The van der Waals surface area contributed by atoms with Crippen LogP contribution in [0.4, 0.5) is 0 Å². The molecule has 1 unspecified atom stereocenters. The minimum Gasteiger partial charge on any atom is -0.383 e. The predicted octanol–water partition coefficient (Wildman–Crippen LogP) is 1.22. The van der Waals surface area contributed by atoms with Crippen LogP contribution in [0.25, 0.3) is 0 Å². The van der Waals surface area contributed by atoms with Crippen molar-refractivity contribution >= 4 is 11.8 Å². The Labute approximate surface area is 104 Å². The number of methoxy groups -OCH3 is 1. The van der Waals surface area contributed by atoms with Gasteiger partial charge >= 0.3 is 0 Å². The molecule has 1 aliphatic heterocycles. The lowest BCUT2D eigenvalue weighted by atomic mass is 10.2. The lowest BCUT2D eigenvalue weighted by Crippen LogP contribution is -2.40. The fraction of sp³-hybridized carbons (Fsp3) is 0.833. The van der Waals surface area contributed by atoms with Gasteiger partial charge in [-0.05, 0) is 6.42 Å². The van der Waals surface area contributed by atoms with Crippen molar-refractivity contribution in [2.24, 2.45) is 0 Å². The van der Waals surface area contributed by atoms with Crippen LogP contribution in [0.2, 0.25) is 0 Å². The molecule has 1 saturated heterocycles. The Morgan fingerprint density at radius 2 is 2.44 bits per heavy atom. The summed E-state index contributed by atoms with van der Waals surface area (Å²) in [4.78, 5) is 2.40. The molecule has 0 radical (unpaired) electrons. The van der Waals surface area contributed by atoms with E-state index in [4.69, 9.17) is 4.74 Å². The molecule has 0 aromatic heterocycles. The molecule has 3 nitrogen and oxygen atoms in total. The van der Waals surface area contributed by atoms with E-state index >= 15 is 0 Å². The lowest BCUT2D eigenvalue weighted by molar-refractivity contribution is 0.152. The van der Waals surface area contributed by atoms with Gasteiger partial charge in [0.05, 0.1) is 6.61 Å². The summed E-state index contributed by atoms with van der Waals surface area (Å²) in [6, 6.07) is 0.689. The van der Waals surface area contributed by atoms with Crippen LogP contribution in [0.15, 0.2) is 12.7 Å². The van der Waals surface area contributed by atoms with E-state index in [0.717, 1.165) is 32.8 Å². The highest BCUT2D eigenvalue weighted by atomic mass is 32.2. The molecule has 0 aliphatic carbocycles. The third kappa shape index (κ3) is 5.89. The summed E-state index contributed by atoms with van der Waals surface area (Å²) in [5.41, 5.74) is 0. The molecule has 94 valence electrons. The van der Waals surface area contributed by atoms with Gasteiger partial charge in [0, 0.05) is 50.8 Å². The highest BCUT2D eigenvalue weighted by molar-refractivity contribution is 7.99. The summed E-state index contributed by atoms with van der Waals surface area (Å²) >= 11 is 2.06. The summed E-state index contributed by atoms with van der Waals surface area (Å²) in [7, 11) is 1.76. The van der Waals surface area contributed by atoms with Gasteiger partial charge in [-0.15, -0.1) is 6.58 Å². The molecule has 16 heavy (non-hydrogen) atoms. The van der Waals surface area contributed by atoms with E-state index in [9.17, 15) is 0 Å². The summed E-state index contributed by atoms with van der Waals surface area (Å²) in [6.45, 7) is 8.87. The first-order valence-corrected chi connectivity index (χ1v) is 7.15. The predicted molar refractivity (Wildman–Crippen MR) is 72.2 cm³/mol. The second kappa shape index (κ2) is 9.05. The lowest BCUT2D eigenvalue weighted by Gasteiger charge is -2.26. The van der Waals surface area contributed by atoms with Crippen molar-refractivity contribution in [3.05, 3.63) is 12.7 Å². The summed E-state index contributed by atoms with van der Waals surface area (Å²) in [5.74, 6) is 2.52. The highest BCUT2D eigenvalue weighted by Crippen LogP contribution is 2.10. The number of hydrogen-bond acceptors (Lipinski definition) is 4. The van der Waals surface area contributed by atoms with Crippen molar-refractivity contribution in [1.82, 2.24) is 10.2 Å². The van der Waals surface area contributed by atoms with Gasteiger partial charge < -0.3 is 10.1 Å². The number of rotatable bonds is 8. The molecule has 1 heterocycles. The molecule has 1 atom stereocenters. The van der Waals surface area contributed by atoms with Gasteiger partial charge in [-0.3, -0.25) is 4.90 Å². The van der Waals surface area contributed by atoms with Crippen LogP contribution in [0.5, 0.6) is 0 Å². The van der Waals surface area contributed by atoms with Crippen molar-refractivity contribution in [2.75, 3.05) is 51.4 Å². The molecular weight excluding hydrogens is 220 g/mol. The fourth-order valence-corrected chi connectivity index (χ4v) is 2.84. The molecular formula is C12H24N2OS. The van der Waals surface area contributed by atoms with Crippen molar-refractivity contribution in [3.63, 3.8) is 0 Å². The standard InChI is InChI=1S/C12H24N2OS/c1-3-6-14(8-9-15-2)7-4-12-11-16-10-5-13-12/h3,12-13H,1,4-11H2,2H3. The summed E-state index contributed by atoms with van der Waals surface area (Å²) < 4.78 is 5.11. The monoisotopic (exact) mass is 244 g/mol. The van der Waals surface area contributed by atoms with Gasteiger partial charge in [0.1, 0.15) is 0 Å². The first-order chi connectivity index (χ1) is 7.86.